The van der Waals surface area contributed by atoms with Crippen molar-refractivity contribution in [3.63, 3.8) is 0 Å². The van der Waals surface area contributed by atoms with E-state index in [1.165, 1.54) is 11.0 Å². The number of halogens is 5. The van der Waals surface area contributed by atoms with Crippen molar-refractivity contribution in [2.75, 3.05) is 57.6 Å². The number of likely N-dealkylation sites (tertiary alicyclic amines) is 1. The monoisotopic (exact) mass is 689 g/mol. The Morgan fingerprint density at radius 1 is 1.21 bits per heavy atom. The number of fused-ring (bicyclic) bond motifs is 3. The minimum Gasteiger partial charge on any atom is -0.461 e. The highest BCUT2D eigenvalue weighted by Gasteiger charge is 2.49. The zero-order valence-corrected chi connectivity index (χ0v) is 26.9. The summed E-state index contributed by atoms with van der Waals surface area (Å²) < 4.78 is 87.6. The van der Waals surface area contributed by atoms with E-state index < -0.39 is 34.5 Å². The van der Waals surface area contributed by atoms with Gasteiger partial charge in [-0.05, 0) is 50.1 Å². The average Bonchev–Trinajstić information content (AvgIpc) is 3.71. The number of ether oxygens (including phenoxy) is 2. The number of carbonyl (C=O) groups excluding carboxylic acids is 1. The van der Waals surface area contributed by atoms with E-state index in [-0.39, 0.29) is 81.4 Å². The number of nitrogens with two attached hydrogens (primary N) is 1. The number of likely N-dealkylation sites (N-methyl/N-ethyl adjacent to an activating group) is 1. The fourth-order valence-corrected chi connectivity index (χ4v) is 7.97. The summed E-state index contributed by atoms with van der Waals surface area (Å²) in [5, 5.41) is -0.287. The summed E-state index contributed by atoms with van der Waals surface area (Å²) >= 11 is 0.751. The molecule has 3 fully saturated rings. The number of thiazole rings is 1. The molecule has 0 saturated carbocycles. The van der Waals surface area contributed by atoms with Crippen LogP contribution in [0.4, 0.5) is 32.9 Å². The van der Waals surface area contributed by atoms with Gasteiger partial charge in [0.2, 0.25) is 5.91 Å². The third kappa shape index (κ3) is 5.29. The molecule has 5 heterocycles. The highest BCUT2D eigenvalue weighted by atomic mass is 32.1. The molecule has 3 saturated heterocycles. The van der Waals surface area contributed by atoms with Crippen LogP contribution in [0.15, 0.2) is 30.9 Å². The van der Waals surface area contributed by atoms with Crippen LogP contribution < -0.4 is 15.4 Å². The van der Waals surface area contributed by atoms with Crippen LogP contribution in [0.2, 0.25) is 0 Å². The van der Waals surface area contributed by atoms with Gasteiger partial charge in [-0.2, -0.15) is 23.1 Å². The van der Waals surface area contributed by atoms with E-state index in [4.69, 9.17) is 15.2 Å². The fourth-order valence-electron chi connectivity index (χ4n) is 7.21. The first-order valence-electron chi connectivity index (χ1n) is 15.3. The van der Waals surface area contributed by atoms with Crippen molar-refractivity contribution < 1.29 is 36.2 Å². The number of benzene rings is 2. The first kappa shape index (κ1) is 32.4. The molecule has 2 N–H and O–H groups in total. The normalized spacial score (nSPS) is 21.6. The van der Waals surface area contributed by atoms with Crippen molar-refractivity contribution in [1.29, 1.82) is 0 Å². The van der Waals surface area contributed by atoms with Crippen LogP contribution in [0.25, 0.3) is 32.2 Å². The van der Waals surface area contributed by atoms with Crippen molar-refractivity contribution in [2.24, 2.45) is 0 Å². The Hall–Kier alpha value is -4.15. The first-order chi connectivity index (χ1) is 22.8. The maximum Gasteiger partial charge on any atom is 0.417 e. The Morgan fingerprint density at radius 3 is 2.69 bits per heavy atom. The van der Waals surface area contributed by atoms with Crippen LogP contribution in [0.5, 0.6) is 6.01 Å². The molecule has 16 heteroatoms. The first-order valence-corrected chi connectivity index (χ1v) is 16.2. The van der Waals surface area contributed by atoms with Gasteiger partial charge in [-0.25, -0.2) is 13.8 Å². The van der Waals surface area contributed by atoms with Gasteiger partial charge in [0, 0.05) is 50.3 Å². The van der Waals surface area contributed by atoms with Gasteiger partial charge in [-0.15, -0.1) is 0 Å². The summed E-state index contributed by atoms with van der Waals surface area (Å²) in [7, 11) is 3.27. The number of rotatable bonds is 8. The van der Waals surface area contributed by atoms with E-state index in [1.807, 2.05) is 0 Å². The Balaban J connectivity index is 1.39. The number of anilines is 2. The zero-order valence-electron chi connectivity index (χ0n) is 26.1. The van der Waals surface area contributed by atoms with Gasteiger partial charge in [-0.3, -0.25) is 9.69 Å². The SMILES string of the molecule is C=CC(=O)N1CC(N(C)c2nc(OC[C@@]34CCCN3C[C@H](OC)C4)nc3c(F)c(-c4ccc(F)c5sc(N)nc45)c(C(F)(F)F)cc23)C1. The summed E-state index contributed by atoms with van der Waals surface area (Å²) in [6, 6.07) is 2.27. The third-order valence-electron chi connectivity index (χ3n) is 9.78. The number of methoxy groups -OCH3 is 1. The molecule has 2 aromatic heterocycles. The lowest BCUT2D eigenvalue weighted by atomic mass is 9.94. The molecule has 0 radical (unpaired) electrons. The summed E-state index contributed by atoms with van der Waals surface area (Å²) in [4.78, 5) is 30.5. The quantitative estimate of drug-likeness (QED) is 0.196. The molecule has 254 valence electrons. The molecule has 0 aliphatic carbocycles. The largest absolute Gasteiger partial charge is 0.461 e. The second-order valence-electron chi connectivity index (χ2n) is 12.5. The highest BCUT2D eigenvalue weighted by Crippen LogP contribution is 2.46. The zero-order chi connectivity index (χ0) is 34.1. The fraction of sp³-hybridized carbons (Fsp3) is 0.438. The molecule has 48 heavy (non-hydrogen) atoms. The molecule has 10 nitrogen and oxygen atoms in total. The van der Waals surface area contributed by atoms with Crippen molar-refractivity contribution in [1.82, 2.24) is 24.8 Å². The lowest BCUT2D eigenvalue weighted by Gasteiger charge is -2.44. The van der Waals surface area contributed by atoms with Crippen LogP contribution in [-0.2, 0) is 15.7 Å². The molecule has 0 unspecified atom stereocenters. The number of amides is 1. The van der Waals surface area contributed by atoms with Gasteiger partial charge in [0.05, 0.1) is 33.5 Å². The predicted molar refractivity (Wildman–Crippen MR) is 171 cm³/mol. The standard InChI is InChI=1S/C32H32F5N7O3S/c1-4-22(45)43-12-16(13-43)42(2)28-19-10-20(32(35,36)37)23(18-6-7-21(33)27-26(18)39-29(38)48-27)24(34)25(19)40-30(41-28)47-15-31-8-5-9-44(31)14-17(11-31)46-3/h4,6-7,10,16-17H,1,5,8-9,11-15H2,2-3H3,(H2,38,39)/t17-,31+/m1/s1. The second kappa shape index (κ2) is 11.8. The van der Waals surface area contributed by atoms with Gasteiger partial charge in [0.1, 0.15) is 23.8 Å². The Kier molecular flexibility index (Phi) is 7.94. The van der Waals surface area contributed by atoms with E-state index in [0.717, 1.165) is 55.5 Å². The maximum atomic E-state index is 16.9. The number of carbonyl (C=O) groups is 1. The minimum atomic E-state index is -5.03. The van der Waals surface area contributed by atoms with Crippen molar-refractivity contribution in [2.45, 2.75) is 43.1 Å². The summed E-state index contributed by atoms with van der Waals surface area (Å²) in [6.45, 7) is 5.77. The molecule has 0 spiro atoms. The van der Waals surface area contributed by atoms with Gasteiger partial charge in [0.25, 0.3) is 0 Å². The Labute approximate surface area is 275 Å². The number of alkyl halides is 3. The van der Waals surface area contributed by atoms with E-state index in [0.29, 0.717) is 6.42 Å². The lowest BCUT2D eigenvalue weighted by molar-refractivity contribution is -0.137. The van der Waals surface area contributed by atoms with Crippen LogP contribution >= 0.6 is 11.3 Å². The number of nitrogen functional groups attached to an aromatic ring is 1. The number of nitrogens with zero attached hydrogens (tertiary/aromatic N) is 6. The second-order valence-corrected chi connectivity index (χ2v) is 13.5. The molecule has 0 bridgehead atoms. The third-order valence-corrected chi connectivity index (χ3v) is 10.7. The summed E-state index contributed by atoms with van der Waals surface area (Å²) in [5.41, 5.74) is 2.41. The number of hydrogen-bond donors (Lipinski definition) is 1. The lowest BCUT2D eigenvalue weighted by Crippen LogP contribution is -2.60. The topological polar surface area (TPSA) is 110 Å². The van der Waals surface area contributed by atoms with Crippen molar-refractivity contribution >= 4 is 49.3 Å². The van der Waals surface area contributed by atoms with Gasteiger partial charge in [0.15, 0.2) is 10.9 Å². The molecule has 4 aromatic rings. The van der Waals surface area contributed by atoms with Gasteiger partial charge >= 0.3 is 12.2 Å². The van der Waals surface area contributed by atoms with Gasteiger partial charge in [-0.1, -0.05) is 17.9 Å². The van der Waals surface area contributed by atoms with Crippen LogP contribution in [0.1, 0.15) is 24.8 Å². The van der Waals surface area contributed by atoms with Crippen molar-refractivity contribution in [3.8, 4) is 17.1 Å². The van der Waals surface area contributed by atoms with E-state index in [9.17, 15) is 22.4 Å². The molecule has 2 atom stereocenters. The van der Waals surface area contributed by atoms with E-state index in [1.54, 1.807) is 19.1 Å². The molecule has 3 aliphatic heterocycles. The van der Waals surface area contributed by atoms with Crippen LogP contribution in [0, 0.1) is 11.6 Å². The maximum absolute atomic E-state index is 16.9. The Bertz CT molecular complexity index is 1950. The Morgan fingerprint density at radius 2 is 1.98 bits per heavy atom. The molecular formula is C32H32F5N7O3S. The molecule has 2 aromatic carbocycles. The van der Waals surface area contributed by atoms with Crippen LogP contribution in [-0.4, -0.2) is 95.3 Å². The highest BCUT2D eigenvalue weighted by molar-refractivity contribution is 7.22. The van der Waals surface area contributed by atoms with Gasteiger partial charge < -0.3 is 25.0 Å². The van der Waals surface area contributed by atoms with E-state index in [2.05, 4.69) is 26.4 Å². The summed E-state index contributed by atoms with van der Waals surface area (Å²) in [6.07, 6.45) is -1.33. The molecule has 3 aliphatic rings. The smallest absolute Gasteiger partial charge is 0.417 e. The van der Waals surface area contributed by atoms with Crippen LogP contribution in [0.3, 0.4) is 0 Å². The molecular weight excluding hydrogens is 657 g/mol. The molecule has 7 rings (SSSR count). The van der Waals surface area contributed by atoms with E-state index >= 15 is 4.39 Å². The molecule has 1 amide bonds. The predicted octanol–water partition coefficient (Wildman–Crippen LogP) is 5.25. The average molecular weight is 690 g/mol. The number of hydrogen-bond acceptors (Lipinski definition) is 10. The van der Waals surface area contributed by atoms with Crippen molar-refractivity contribution in [3.05, 3.63) is 48.1 Å². The summed E-state index contributed by atoms with van der Waals surface area (Å²) in [5.74, 6) is -2.32. The number of aromatic nitrogens is 3. The minimum absolute atomic E-state index is 0.00535.